The van der Waals surface area contributed by atoms with Crippen molar-refractivity contribution in [1.82, 2.24) is 0 Å². The first-order valence-corrected chi connectivity index (χ1v) is 16.2. The van der Waals surface area contributed by atoms with Gasteiger partial charge in [0.2, 0.25) is 0 Å². The van der Waals surface area contributed by atoms with Crippen molar-refractivity contribution < 1.29 is 17.9 Å². The molecule has 1 aromatic carbocycles. The lowest BCUT2D eigenvalue weighted by Gasteiger charge is -2.30. The molecule has 0 aromatic heterocycles. The minimum atomic E-state index is -4.29. The maximum absolute atomic E-state index is 12.3. The maximum atomic E-state index is 12.3. The van der Waals surface area contributed by atoms with Gasteiger partial charge in [0.05, 0.1) is 0 Å². The number of unbranched alkanes of at least 4 members (excludes halogenated alkanes) is 3. The van der Waals surface area contributed by atoms with Gasteiger partial charge in [-0.3, -0.25) is 0 Å². The van der Waals surface area contributed by atoms with Gasteiger partial charge in [-0.05, 0) is 61.1 Å². The van der Waals surface area contributed by atoms with Gasteiger partial charge in [-0.1, -0.05) is 95.0 Å². The minimum Gasteiger partial charge on any atom is -0.484 e. The molecule has 5 heteroatoms. The van der Waals surface area contributed by atoms with E-state index in [1.165, 1.54) is 89.0 Å². The van der Waals surface area contributed by atoms with Crippen LogP contribution in [0.25, 0.3) is 0 Å². The molecule has 2 fully saturated rings. The van der Waals surface area contributed by atoms with E-state index in [0.717, 1.165) is 11.8 Å². The van der Waals surface area contributed by atoms with Gasteiger partial charge in [0.1, 0.15) is 5.75 Å². The average molecular weight is 483 g/mol. The van der Waals surface area contributed by atoms with Crippen molar-refractivity contribution in [3.05, 3.63) is 29.8 Å². The topological polar surface area (TPSA) is 9.23 Å². The average Bonchev–Trinajstić information content (AvgIpc) is 2.82. The smallest absolute Gasteiger partial charge is 0.422 e. The fraction of sp³-hybridized carbons (Fsp3) is 0.786. The van der Waals surface area contributed by atoms with Crippen LogP contribution in [0.2, 0.25) is 18.1 Å². The van der Waals surface area contributed by atoms with Crippen molar-refractivity contribution in [2.75, 3.05) is 6.61 Å². The van der Waals surface area contributed by atoms with Crippen LogP contribution in [0.4, 0.5) is 13.2 Å². The molecule has 0 amide bonds. The molecule has 1 saturated carbocycles. The highest BCUT2D eigenvalue weighted by molar-refractivity contribution is 6.58. The Bertz CT molecular complexity index is 644. The number of benzene rings is 1. The molecule has 1 saturated heterocycles. The van der Waals surface area contributed by atoms with Crippen LogP contribution in [0.1, 0.15) is 102 Å². The fourth-order valence-corrected chi connectivity index (χ4v) is 9.76. The molecular weight excluding hydrogens is 437 g/mol. The lowest BCUT2D eigenvalue weighted by atomic mass is 9.77. The summed E-state index contributed by atoms with van der Waals surface area (Å²) in [5, 5.41) is 0. The predicted octanol–water partition coefficient (Wildman–Crippen LogP) is 9.29. The van der Waals surface area contributed by atoms with Gasteiger partial charge in [0.25, 0.3) is 0 Å². The van der Waals surface area contributed by atoms with Gasteiger partial charge in [-0.15, -0.1) is 0 Å². The minimum absolute atomic E-state index is 0.303. The number of rotatable bonds is 12. The second-order valence-electron chi connectivity index (χ2n) is 10.9. The molecule has 1 aliphatic carbocycles. The summed E-state index contributed by atoms with van der Waals surface area (Å²) in [7, 11) is -0.359. The Hall–Kier alpha value is -0.973. The third kappa shape index (κ3) is 10.0. The Balaban J connectivity index is 1.25. The SMILES string of the molecule is CCCCC[SiH]1CCC(CCCCC2CCC(c3ccc(OCC(F)(F)F)cc3)CC2)CC1. The monoisotopic (exact) mass is 482 g/mol. The second-order valence-corrected chi connectivity index (χ2v) is 14.3. The van der Waals surface area contributed by atoms with Crippen LogP contribution in [-0.4, -0.2) is 21.6 Å². The Kier molecular flexibility index (Phi) is 11.1. The third-order valence-corrected chi connectivity index (χ3v) is 11.8. The van der Waals surface area contributed by atoms with Crippen molar-refractivity contribution in [2.45, 2.75) is 121 Å². The standard InChI is InChI=1S/C28H45F3OSi/c1-2-3-6-19-33-20-17-24(18-21-33)8-5-4-7-23-9-11-25(12-10-23)26-13-15-27(16-14-26)32-22-28(29,30)31/h13-16,23-25,33H,2-12,17-22H2,1H3. The van der Waals surface area contributed by atoms with E-state index < -0.39 is 12.8 Å². The van der Waals surface area contributed by atoms with E-state index in [-0.39, 0.29) is 8.80 Å². The molecule has 0 unspecified atom stereocenters. The Morgan fingerprint density at radius 1 is 0.818 bits per heavy atom. The summed E-state index contributed by atoms with van der Waals surface area (Å²) in [6.07, 6.45) is 13.8. The molecule has 1 aliphatic heterocycles. The largest absolute Gasteiger partial charge is 0.484 e. The molecule has 1 nitrogen and oxygen atoms in total. The molecule has 2 aliphatic rings. The lowest BCUT2D eigenvalue weighted by Crippen LogP contribution is -2.21. The van der Waals surface area contributed by atoms with E-state index in [1.807, 2.05) is 12.1 Å². The van der Waals surface area contributed by atoms with E-state index in [0.29, 0.717) is 11.7 Å². The Morgan fingerprint density at radius 2 is 1.42 bits per heavy atom. The fourth-order valence-electron chi connectivity index (χ4n) is 6.14. The zero-order chi connectivity index (χ0) is 23.5. The molecule has 33 heavy (non-hydrogen) atoms. The molecule has 1 heterocycles. The van der Waals surface area contributed by atoms with Crippen molar-refractivity contribution >= 4 is 8.80 Å². The van der Waals surface area contributed by atoms with Crippen LogP contribution in [0.3, 0.4) is 0 Å². The second kappa shape index (κ2) is 13.8. The number of hydrogen-bond acceptors (Lipinski definition) is 1. The highest BCUT2D eigenvalue weighted by Gasteiger charge is 2.28. The lowest BCUT2D eigenvalue weighted by molar-refractivity contribution is -0.153. The molecule has 0 radical (unpaired) electrons. The number of ether oxygens (including phenoxy) is 1. The van der Waals surface area contributed by atoms with Crippen molar-refractivity contribution in [2.24, 2.45) is 11.8 Å². The van der Waals surface area contributed by atoms with E-state index >= 15 is 0 Å². The van der Waals surface area contributed by atoms with Crippen molar-refractivity contribution in [1.29, 1.82) is 0 Å². The third-order valence-electron chi connectivity index (χ3n) is 8.26. The number of hydrogen-bond donors (Lipinski definition) is 0. The van der Waals surface area contributed by atoms with Crippen molar-refractivity contribution in [3.63, 3.8) is 0 Å². The zero-order valence-electron chi connectivity index (χ0n) is 20.7. The summed E-state index contributed by atoms with van der Waals surface area (Å²) in [5.41, 5.74) is 1.25. The van der Waals surface area contributed by atoms with Crippen molar-refractivity contribution in [3.8, 4) is 5.75 Å². The zero-order valence-corrected chi connectivity index (χ0v) is 21.8. The van der Waals surface area contributed by atoms with Crippen LogP contribution < -0.4 is 4.74 Å². The molecule has 0 atom stereocenters. The summed E-state index contributed by atoms with van der Waals surface area (Å²) < 4.78 is 41.7. The summed E-state index contributed by atoms with van der Waals surface area (Å²) in [6.45, 7) is 1.09. The van der Waals surface area contributed by atoms with Crippen LogP contribution in [0.5, 0.6) is 5.75 Å². The quantitative estimate of drug-likeness (QED) is 0.213. The first kappa shape index (κ1) is 26.6. The van der Waals surface area contributed by atoms with E-state index in [9.17, 15) is 13.2 Å². The van der Waals surface area contributed by atoms with Crippen LogP contribution in [0.15, 0.2) is 24.3 Å². The van der Waals surface area contributed by atoms with E-state index in [1.54, 1.807) is 30.3 Å². The van der Waals surface area contributed by atoms with E-state index in [4.69, 9.17) is 4.74 Å². The highest BCUT2D eigenvalue weighted by Crippen LogP contribution is 2.39. The van der Waals surface area contributed by atoms with Gasteiger partial charge in [-0.2, -0.15) is 13.2 Å². The molecule has 0 spiro atoms. The molecular formula is C28H45F3OSi. The number of alkyl halides is 3. The maximum Gasteiger partial charge on any atom is 0.422 e. The summed E-state index contributed by atoms with van der Waals surface area (Å²) >= 11 is 0. The van der Waals surface area contributed by atoms with Gasteiger partial charge < -0.3 is 4.74 Å². The highest BCUT2D eigenvalue weighted by atomic mass is 28.3. The molecule has 0 N–H and O–H groups in total. The molecule has 0 bridgehead atoms. The molecule has 188 valence electrons. The van der Waals surface area contributed by atoms with Gasteiger partial charge in [0.15, 0.2) is 6.61 Å². The van der Waals surface area contributed by atoms with Gasteiger partial charge in [-0.25, -0.2) is 0 Å². The van der Waals surface area contributed by atoms with Crippen LogP contribution in [0, 0.1) is 11.8 Å². The molecule has 1 aromatic rings. The predicted molar refractivity (Wildman–Crippen MR) is 135 cm³/mol. The van der Waals surface area contributed by atoms with E-state index in [2.05, 4.69) is 6.92 Å². The summed E-state index contributed by atoms with van der Waals surface area (Å²) in [5.74, 6) is 2.75. The Morgan fingerprint density at radius 3 is 2.00 bits per heavy atom. The van der Waals surface area contributed by atoms with Crippen LogP contribution >= 0.6 is 0 Å². The Labute approximate surface area is 201 Å². The normalized spacial score (nSPS) is 26.3. The van der Waals surface area contributed by atoms with Crippen LogP contribution in [-0.2, 0) is 0 Å². The first-order valence-electron chi connectivity index (χ1n) is 13.7. The number of halogens is 3. The summed E-state index contributed by atoms with van der Waals surface area (Å²) in [4.78, 5) is 0. The van der Waals surface area contributed by atoms with Gasteiger partial charge in [0, 0.05) is 8.80 Å². The molecule has 3 rings (SSSR count). The first-order chi connectivity index (χ1) is 15.9. The van der Waals surface area contributed by atoms with Gasteiger partial charge >= 0.3 is 6.18 Å². The summed E-state index contributed by atoms with van der Waals surface area (Å²) in [6, 6.07) is 12.1.